The van der Waals surface area contributed by atoms with Crippen LogP contribution in [0.3, 0.4) is 0 Å². The lowest BCUT2D eigenvalue weighted by Crippen LogP contribution is -2.52. The molecule has 3 heterocycles. The molecule has 3 aliphatic rings. The number of aliphatic carboxylic acids is 1. The molecule has 3 fully saturated rings. The molecule has 1 aromatic heterocycles. The fourth-order valence-corrected chi connectivity index (χ4v) is 2.93. The molecule has 2 saturated heterocycles. The van der Waals surface area contributed by atoms with E-state index in [-0.39, 0.29) is 0 Å². The molecule has 0 unspecified atom stereocenters. The van der Waals surface area contributed by atoms with Gasteiger partial charge >= 0.3 is 5.97 Å². The molecule has 1 aromatic rings. The van der Waals surface area contributed by atoms with Crippen molar-refractivity contribution in [3.63, 3.8) is 0 Å². The molecule has 16 heavy (non-hydrogen) atoms. The highest BCUT2D eigenvalue weighted by molar-refractivity contribution is 5.81. The van der Waals surface area contributed by atoms with Crippen LogP contribution in [0.2, 0.25) is 0 Å². The topological polar surface area (TPSA) is 66.6 Å². The van der Waals surface area contributed by atoms with Gasteiger partial charge in [-0.3, -0.25) is 9.69 Å². The van der Waals surface area contributed by atoms with E-state index in [0.717, 1.165) is 25.1 Å². The number of carbonyl (C=O) groups is 1. The number of rotatable bonds is 3. The van der Waals surface area contributed by atoms with E-state index < -0.39 is 11.5 Å². The first-order chi connectivity index (χ1) is 7.60. The lowest BCUT2D eigenvalue weighted by molar-refractivity contribution is -0.153. The van der Waals surface area contributed by atoms with Crippen LogP contribution in [0.25, 0.3) is 0 Å². The van der Waals surface area contributed by atoms with Gasteiger partial charge in [-0.15, -0.1) is 0 Å². The number of aromatic nitrogens is 1. The molecule has 0 atom stereocenters. The van der Waals surface area contributed by atoms with Crippen LogP contribution in [0.4, 0.5) is 0 Å². The molecule has 5 nitrogen and oxygen atoms in total. The molecule has 0 amide bonds. The summed E-state index contributed by atoms with van der Waals surface area (Å²) in [6, 6.07) is 0. The lowest BCUT2D eigenvalue weighted by Gasteiger charge is -2.37. The Morgan fingerprint density at radius 1 is 1.75 bits per heavy atom. The average Bonchev–Trinajstić information content (AvgIpc) is 2.77. The number of carboxylic acid groups (broad SMARTS) is 1. The van der Waals surface area contributed by atoms with Gasteiger partial charge in [-0.1, -0.05) is 0 Å². The highest BCUT2D eigenvalue weighted by Crippen LogP contribution is 2.51. The number of oxazole rings is 1. The van der Waals surface area contributed by atoms with Crippen LogP contribution in [0, 0.1) is 12.8 Å². The Morgan fingerprint density at radius 3 is 3.06 bits per heavy atom. The van der Waals surface area contributed by atoms with Gasteiger partial charge in [0.05, 0.1) is 12.7 Å². The molecule has 0 spiro atoms. The second kappa shape index (κ2) is 3.07. The smallest absolute Gasteiger partial charge is 0.324 e. The summed E-state index contributed by atoms with van der Waals surface area (Å²) in [5, 5.41) is 9.27. The van der Waals surface area contributed by atoms with E-state index in [0.29, 0.717) is 18.4 Å². The molecule has 86 valence electrons. The summed E-state index contributed by atoms with van der Waals surface area (Å²) in [7, 11) is 0. The van der Waals surface area contributed by atoms with E-state index >= 15 is 0 Å². The Hall–Kier alpha value is -1.36. The predicted molar refractivity (Wildman–Crippen MR) is 54.7 cm³/mol. The molecular weight excluding hydrogens is 208 g/mol. The van der Waals surface area contributed by atoms with E-state index in [4.69, 9.17) is 4.42 Å². The zero-order chi connectivity index (χ0) is 11.3. The normalized spacial score (nSPS) is 32.7. The summed E-state index contributed by atoms with van der Waals surface area (Å²) in [5.41, 5.74) is -0.632. The van der Waals surface area contributed by atoms with E-state index in [1.54, 1.807) is 6.20 Å². The molecule has 0 radical (unpaired) electrons. The minimum atomic E-state index is -0.704. The molecular formula is C11H14N2O3. The molecule has 0 aromatic carbocycles. The summed E-state index contributed by atoms with van der Waals surface area (Å²) in [4.78, 5) is 17.4. The standard InChI is InChI=1S/C11H14N2O3/c1-7-4-12-9(16-7)6-13-5-8-2-11(13,3-8)10(14)15/h4,8H,2-3,5-6H2,1H3,(H,14,15). The van der Waals surface area contributed by atoms with Gasteiger partial charge in [0.1, 0.15) is 11.3 Å². The van der Waals surface area contributed by atoms with Crippen LogP contribution in [0.5, 0.6) is 0 Å². The molecule has 1 aliphatic carbocycles. The van der Waals surface area contributed by atoms with Gasteiger partial charge in [0.2, 0.25) is 5.89 Å². The van der Waals surface area contributed by atoms with Crippen LogP contribution in [0.1, 0.15) is 24.5 Å². The molecule has 2 bridgehead atoms. The van der Waals surface area contributed by atoms with Crippen LogP contribution in [-0.2, 0) is 11.3 Å². The number of hydrogen-bond donors (Lipinski definition) is 1. The fraction of sp³-hybridized carbons (Fsp3) is 0.636. The SMILES string of the molecule is Cc1cnc(CN2CC3CC2(C(=O)O)C3)o1. The first kappa shape index (κ1) is 9.84. The van der Waals surface area contributed by atoms with Crippen molar-refractivity contribution in [2.75, 3.05) is 6.54 Å². The Balaban J connectivity index is 1.79. The van der Waals surface area contributed by atoms with Crippen LogP contribution in [0.15, 0.2) is 10.6 Å². The zero-order valence-electron chi connectivity index (χ0n) is 9.14. The van der Waals surface area contributed by atoms with Crippen molar-refractivity contribution in [1.29, 1.82) is 0 Å². The average molecular weight is 222 g/mol. The Bertz CT molecular complexity index is 434. The van der Waals surface area contributed by atoms with Crippen molar-refractivity contribution in [3.8, 4) is 0 Å². The summed E-state index contributed by atoms with van der Waals surface area (Å²) in [6.45, 7) is 3.21. The number of fused-ring (bicyclic) bond motifs is 1. The van der Waals surface area contributed by atoms with E-state index in [1.807, 2.05) is 11.8 Å². The minimum absolute atomic E-state index is 0.511. The summed E-state index contributed by atoms with van der Waals surface area (Å²) in [6.07, 6.45) is 3.23. The first-order valence-corrected chi connectivity index (χ1v) is 5.50. The van der Waals surface area contributed by atoms with Crippen LogP contribution >= 0.6 is 0 Å². The predicted octanol–water partition coefficient (Wildman–Crippen LogP) is 1.03. The molecule has 5 heteroatoms. The van der Waals surface area contributed by atoms with Crippen molar-refractivity contribution in [3.05, 3.63) is 17.8 Å². The Morgan fingerprint density at radius 2 is 2.50 bits per heavy atom. The van der Waals surface area contributed by atoms with Crippen LogP contribution in [-0.4, -0.2) is 33.0 Å². The minimum Gasteiger partial charge on any atom is -0.480 e. The highest BCUT2D eigenvalue weighted by Gasteiger charge is 2.61. The lowest BCUT2D eigenvalue weighted by atomic mass is 9.73. The van der Waals surface area contributed by atoms with Crippen LogP contribution < -0.4 is 0 Å². The van der Waals surface area contributed by atoms with Crippen molar-refractivity contribution in [2.45, 2.75) is 31.8 Å². The van der Waals surface area contributed by atoms with E-state index in [2.05, 4.69) is 4.98 Å². The second-order valence-corrected chi connectivity index (χ2v) is 4.86. The maximum absolute atomic E-state index is 11.3. The third kappa shape index (κ3) is 1.21. The number of aryl methyl sites for hydroxylation is 1. The monoisotopic (exact) mass is 222 g/mol. The third-order valence-corrected chi connectivity index (χ3v) is 3.73. The van der Waals surface area contributed by atoms with Gasteiger partial charge in [0.25, 0.3) is 0 Å². The molecule has 2 aliphatic heterocycles. The van der Waals surface area contributed by atoms with E-state index in [1.165, 1.54) is 0 Å². The van der Waals surface area contributed by atoms with Gasteiger partial charge in [-0.2, -0.15) is 0 Å². The van der Waals surface area contributed by atoms with Gasteiger partial charge in [-0.25, -0.2) is 4.98 Å². The Labute approximate surface area is 93.1 Å². The maximum atomic E-state index is 11.3. The summed E-state index contributed by atoms with van der Waals surface area (Å²) in [5.74, 6) is 1.23. The fourth-order valence-electron chi connectivity index (χ4n) is 2.93. The van der Waals surface area contributed by atoms with Crippen molar-refractivity contribution >= 4 is 5.97 Å². The van der Waals surface area contributed by atoms with Gasteiger partial charge in [0, 0.05) is 6.54 Å². The second-order valence-electron chi connectivity index (χ2n) is 4.86. The summed E-state index contributed by atoms with van der Waals surface area (Å²) >= 11 is 0. The van der Waals surface area contributed by atoms with Crippen molar-refractivity contribution in [2.24, 2.45) is 5.92 Å². The van der Waals surface area contributed by atoms with E-state index in [9.17, 15) is 9.90 Å². The number of hydrogen-bond acceptors (Lipinski definition) is 4. The molecule has 1 saturated carbocycles. The maximum Gasteiger partial charge on any atom is 0.324 e. The number of nitrogens with zero attached hydrogens (tertiary/aromatic N) is 2. The van der Waals surface area contributed by atoms with Gasteiger partial charge < -0.3 is 9.52 Å². The van der Waals surface area contributed by atoms with Crippen molar-refractivity contribution in [1.82, 2.24) is 9.88 Å². The largest absolute Gasteiger partial charge is 0.480 e. The quantitative estimate of drug-likeness (QED) is 0.827. The third-order valence-electron chi connectivity index (χ3n) is 3.73. The summed E-state index contributed by atoms with van der Waals surface area (Å²) < 4.78 is 5.39. The Kier molecular flexibility index (Phi) is 1.89. The zero-order valence-corrected chi connectivity index (χ0v) is 9.14. The van der Waals surface area contributed by atoms with Gasteiger partial charge in [-0.05, 0) is 25.7 Å². The first-order valence-electron chi connectivity index (χ1n) is 5.50. The molecule has 1 N–H and O–H groups in total. The van der Waals surface area contributed by atoms with Gasteiger partial charge in [0.15, 0.2) is 0 Å². The highest BCUT2D eigenvalue weighted by atomic mass is 16.4. The van der Waals surface area contributed by atoms with Crippen molar-refractivity contribution < 1.29 is 14.3 Å². The number of carboxylic acids is 1. The molecule has 4 rings (SSSR count).